The first-order chi connectivity index (χ1) is 7.38. The molecule has 1 aromatic carbocycles. The van der Waals surface area contributed by atoms with Crippen LogP contribution in [0.1, 0.15) is 26.2 Å². The van der Waals surface area contributed by atoms with Crippen LogP contribution in [-0.4, -0.2) is 19.6 Å². The number of halogens is 2. The average Bonchev–Trinajstić information content (AvgIpc) is 2.32. The normalized spacial score (nSPS) is 13.6. The Bertz CT molecular complexity index is 249. The monoisotopic (exact) mass is 278 g/mol. The lowest BCUT2D eigenvalue weighted by Crippen LogP contribution is -2.29. The fraction of sp³-hybridized carbons (Fsp3) is 0.538. The van der Waals surface area contributed by atoms with Crippen molar-refractivity contribution in [3.05, 3.63) is 30.3 Å². The van der Waals surface area contributed by atoms with Gasteiger partial charge in [0.1, 0.15) is 0 Å². The standard InChI is InChI=1S/C11H15N.C2H7N.2ClH/c1-3-7-11(8-4-1)12-9-5-2-6-10-12;1-2-3;;/h1,3-4,7-8H,2,5-6,9-10H2;2-3H2,1H3;2*1H. The van der Waals surface area contributed by atoms with Crippen molar-refractivity contribution in [1.29, 1.82) is 0 Å². The third-order valence-electron chi connectivity index (χ3n) is 2.48. The van der Waals surface area contributed by atoms with Crippen LogP contribution in [0.5, 0.6) is 0 Å². The second-order valence-corrected chi connectivity index (χ2v) is 3.79. The minimum atomic E-state index is 0. The molecule has 0 unspecified atom stereocenters. The highest BCUT2D eigenvalue weighted by Gasteiger charge is 2.09. The maximum atomic E-state index is 4.85. The molecule has 0 radical (unpaired) electrons. The van der Waals surface area contributed by atoms with E-state index in [0.717, 1.165) is 6.54 Å². The molecule has 0 amide bonds. The van der Waals surface area contributed by atoms with Gasteiger partial charge in [-0.25, -0.2) is 0 Å². The van der Waals surface area contributed by atoms with Gasteiger partial charge in [0, 0.05) is 18.8 Å². The number of nitrogens with two attached hydrogens (primary N) is 1. The minimum absolute atomic E-state index is 0. The smallest absolute Gasteiger partial charge is 0.0366 e. The highest BCUT2D eigenvalue weighted by Crippen LogP contribution is 2.18. The number of nitrogens with zero attached hydrogens (tertiary/aromatic N) is 1. The third kappa shape index (κ3) is 7.48. The van der Waals surface area contributed by atoms with Crippen LogP contribution in [0.25, 0.3) is 0 Å². The summed E-state index contributed by atoms with van der Waals surface area (Å²) in [6.45, 7) is 5.13. The number of hydrogen-bond acceptors (Lipinski definition) is 2. The zero-order valence-electron chi connectivity index (χ0n) is 10.5. The summed E-state index contributed by atoms with van der Waals surface area (Å²) in [5.74, 6) is 0. The lowest BCUT2D eigenvalue weighted by molar-refractivity contribution is 0.578. The molecule has 2 nitrogen and oxygen atoms in total. The molecule has 2 rings (SSSR count). The lowest BCUT2D eigenvalue weighted by Gasteiger charge is -2.28. The topological polar surface area (TPSA) is 29.3 Å². The SMILES string of the molecule is CCN.Cl.Cl.c1ccc(N2CCCCC2)cc1. The molecule has 4 heteroatoms. The fourth-order valence-electron chi connectivity index (χ4n) is 1.79. The zero-order valence-corrected chi connectivity index (χ0v) is 12.1. The summed E-state index contributed by atoms with van der Waals surface area (Å²) in [4.78, 5) is 2.48. The molecule has 1 aromatic rings. The molecule has 2 N–H and O–H groups in total. The van der Waals surface area contributed by atoms with Crippen molar-refractivity contribution < 1.29 is 0 Å². The molecular weight excluding hydrogens is 255 g/mol. The Morgan fingerprint density at radius 1 is 1.00 bits per heavy atom. The van der Waals surface area contributed by atoms with E-state index in [1.54, 1.807) is 0 Å². The number of anilines is 1. The van der Waals surface area contributed by atoms with Gasteiger partial charge in [0.2, 0.25) is 0 Å². The van der Waals surface area contributed by atoms with Gasteiger partial charge in [0.15, 0.2) is 0 Å². The lowest BCUT2D eigenvalue weighted by atomic mass is 10.1. The molecule has 0 bridgehead atoms. The predicted octanol–water partition coefficient (Wildman–Crippen LogP) is 3.49. The van der Waals surface area contributed by atoms with E-state index in [1.807, 2.05) is 6.92 Å². The van der Waals surface area contributed by atoms with Gasteiger partial charge in [-0.15, -0.1) is 24.8 Å². The quantitative estimate of drug-likeness (QED) is 0.852. The van der Waals surface area contributed by atoms with Crippen LogP contribution in [0.4, 0.5) is 5.69 Å². The van der Waals surface area contributed by atoms with Crippen LogP contribution in [-0.2, 0) is 0 Å². The van der Waals surface area contributed by atoms with E-state index < -0.39 is 0 Å². The second-order valence-electron chi connectivity index (χ2n) is 3.79. The maximum absolute atomic E-state index is 4.85. The summed E-state index contributed by atoms with van der Waals surface area (Å²) in [5, 5.41) is 0. The number of benzene rings is 1. The van der Waals surface area contributed by atoms with Crippen LogP contribution in [0.3, 0.4) is 0 Å². The van der Waals surface area contributed by atoms with Crippen LogP contribution < -0.4 is 10.6 Å². The summed E-state index contributed by atoms with van der Waals surface area (Å²) >= 11 is 0. The second kappa shape index (κ2) is 12.0. The Morgan fingerprint density at radius 3 is 1.94 bits per heavy atom. The van der Waals surface area contributed by atoms with E-state index in [0.29, 0.717) is 0 Å². The van der Waals surface area contributed by atoms with E-state index in [2.05, 4.69) is 35.2 Å². The molecule has 0 aliphatic carbocycles. The molecule has 0 saturated carbocycles. The van der Waals surface area contributed by atoms with Gasteiger partial charge in [-0.05, 0) is 37.9 Å². The summed E-state index contributed by atoms with van der Waals surface area (Å²) in [6.07, 6.45) is 4.12. The number of rotatable bonds is 1. The Balaban J connectivity index is 0. The molecule has 0 spiro atoms. The van der Waals surface area contributed by atoms with Gasteiger partial charge in [0.25, 0.3) is 0 Å². The predicted molar refractivity (Wildman–Crippen MR) is 81.7 cm³/mol. The molecular formula is C13H24Cl2N2. The third-order valence-corrected chi connectivity index (χ3v) is 2.48. The van der Waals surface area contributed by atoms with Crippen molar-refractivity contribution >= 4 is 30.5 Å². The van der Waals surface area contributed by atoms with Crippen molar-refractivity contribution in [2.24, 2.45) is 5.73 Å². The van der Waals surface area contributed by atoms with Gasteiger partial charge in [0.05, 0.1) is 0 Å². The van der Waals surface area contributed by atoms with Crippen molar-refractivity contribution in [2.75, 3.05) is 24.5 Å². The van der Waals surface area contributed by atoms with Crippen LogP contribution >= 0.6 is 24.8 Å². The van der Waals surface area contributed by atoms with Crippen LogP contribution in [0.2, 0.25) is 0 Å². The minimum Gasteiger partial charge on any atom is -0.372 e. The molecule has 1 fully saturated rings. The van der Waals surface area contributed by atoms with Gasteiger partial charge < -0.3 is 10.6 Å². The molecule has 100 valence electrons. The number of para-hydroxylation sites is 1. The van der Waals surface area contributed by atoms with Crippen molar-refractivity contribution in [1.82, 2.24) is 0 Å². The van der Waals surface area contributed by atoms with Gasteiger partial charge in [-0.3, -0.25) is 0 Å². The first-order valence-electron chi connectivity index (χ1n) is 5.88. The van der Waals surface area contributed by atoms with Crippen molar-refractivity contribution in [3.8, 4) is 0 Å². The summed E-state index contributed by atoms with van der Waals surface area (Å²) in [6, 6.07) is 10.7. The van der Waals surface area contributed by atoms with Crippen LogP contribution in [0.15, 0.2) is 30.3 Å². The Hall–Kier alpha value is -0.440. The molecule has 0 aromatic heterocycles. The first-order valence-corrected chi connectivity index (χ1v) is 5.88. The summed E-state index contributed by atoms with van der Waals surface area (Å²) in [5.41, 5.74) is 6.23. The van der Waals surface area contributed by atoms with E-state index in [1.165, 1.54) is 38.0 Å². The molecule has 17 heavy (non-hydrogen) atoms. The average molecular weight is 279 g/mol. The Labute approximate surface area is 117 Å². The molecule has 1 aliphatic rings. The highest BCUT2D eigenvalue weighted by molar-refractivity contribution is 5.85. The molecule has 1 aliphatic heterocycles. The van der Waals surface area contributed by atoms with E-state index in [-0.39, 0.29) is 24.8 Å². The summed E-state index contributed by atoms with van der Waals surface area (Å²) < 4.78 is 0. The van der Waals surface area contributed by atoms with Gasteiger partial charge in [-0.1, -0.05) is 25.1 Å². The Kier molecular flexibility index (Phi) is 13.4. The van der Waals surface area contributed by atoms with Gasteiger partial charge in [-0.2, -0.15) is 0 Å². The van der Waals surface area contributed by atoms with Crippen LogP contribution in [0, 0.1) is 0 Å². The summed E-state index contributed by atoms with van der Waals surface area (Å²) in [7, 11) is 0. The molecule has 1 heterocycles. The van der Waals surface area contributed by atoms with Crippen molar-refractivity contribution in [3.63, 3.8) is 0 Å². The number of piperidine rings is 1. The largest absolute Gasteiger partial charge is 0.372 e. The van der Waals surface area contributed by atoms with Gasteiger partial charge >= 0.3 is 0 Å². The Morgan fingerprint density at radius 2 is 1.47 bits per heavy atom. The van der Waals surface area contributed by atoms with E-state index in [4.69, 9.17) is 5.73 Å². The maximum Gasteiger partial charge on any atom is 0.0366 e. The first kappa shape index (κ1) is 18.9. The molecule has 1 saturated heterocycles. The highest BCUT2D eigenvalue weighted by atomic mass is 35.5. The fourth-order valence-corrected chi connectivity index (χ4v) is 1.79. The van der Waals surface area contributed by atoms with E-state index >= 15 is 0 Å². The zero-order chi connectivity index (χ0) is 10.9. The van der Waals surface area contributed by atoms with Crippen molar-refractivity contribution in [2.45, 2.75) is 26.2 Å². The number of hydrogen-bond donors (Lipinski definition) is 1. The van der Waals surface area contributed by atoms with E-state index in [9.17, 15) is 0 Å². The molecule has 0 atom stereocenters.